The summed E-state index contributed by atoms with van der Waals surface area (Å²) in [6.45, 7) is 5.00. The summed E-state index contributed by atoms with van der Waals surface area (Å²) >= 11 is 0. The van der Waals surface area contributed by atoms with Crippen LogP contribution in [-0.2, 0) is 28.7 Å². The number of carbonyl (C=O) groups is 4. The van der Waals surface area contributed by atoms with Gasteiger partial charge in [-0.25, -0.2) is 0 Å². The fourth-order valence-corrected chi connectivity index (χ4v) is 0.546. The lowest BCUT2D eigenvalue weighted by atomic mass is 10.2. The molecule has 0 aromatic carbocycles. The largest absolute Gasteiger partial charge is 0.428 e. The van der Waals surface area contributed by atoms with Crippen LogP contribution in [0.1, 0.15) is 34.1 Å². The van der Waals surface area contributed by atoms with Gasteiger partial charge in [0, 0.05) is 13.8 Å². The van der Waals surface area contributed by atoms with E-state index in [4.69, 9.17) is 0 Å². The van der Waals surface area contributed by atoms with Crippen molar-refractivity contribution in [2.45, 2.75) is 34.1 Å². The van der Waals surface area contributed by atoms with Gasteiger partial charge >= 0.3 is 11.9 Å². The smallest absolute Gasteiger partial charge is 0.305 e. The average molecular weight is 232 g/mol. The Kier molecular flexibility index (Phi) is 10.3. The van der Waals surface area contributed by atoms with E-state index in [1.54, 1.807) is 0 Å². The number of hydrogen-bond acceptors (Lipinski definition) is 6. The number of esters is 2. The van der Waals surface area contributed by atoms with E-state index >= 15 is 0 Å². The summed E-state index contributed by atoms with van der Waals surface area (Å²) in [5.74, 6) is -1.05. The summed E-state index contributed by atoms with van der Waals surface area (Å²) < 4.78 is 8.54. The number of Topliss-reactive ketones (excluding diaryl/α,β-unsaturated/α-hetero) is 2. The minimum Gasteiger partial charge on any atom is -0.428 e. The SMILES string of the molecule is CC(=O)CC(C)=O.CC(=O)OCOC(C)=O. The molecule has 0 aliphatic carbocycles. The third kappa shape index (κ3) is 22.8. The maximum atomic E-state index is 10.0. The molecule has 0 atom stereocenters. The Morgan fingerprint density at radius 1 is 0.750 bits per heavy atom. The van der Waals surface area contributed by atoms with Crippen LogP contribution in [0.3, 0.4) is 0 Å². The summed E-state index contributed by atoms with van der Waals surface area (Å²) in [5.41, 5.74) is 0. The molecule has 0 fully saturated rings. The van der Waals surface area contributed by atoms with Gasteiger partial charge in [-0.2, -0.15) is 0 Å². The van der Waals surface area contributed by atoms with Crippen molar-refractivity contribution in [3.8, 4) is 0 Å². The zero-order valence-electron chi connectivity index (χ0n) is 9.86. The van der Waals surface area contributed by atoms with Gasteiger partial charge in [0.05, 0.1) is 6.42 Å². The molecule has 0 aliphatic heterocycles. The van der Waals surface area contributed by atoms with Crippen LogP contribution >= 0.6 is 0 Å². The number of ketones is 2. The Morgan fingerprint density at radius 2 is 1.06 bits per heavy atom. The first-order valence-electron chi connectivity index (χ1n) is 4.51. The van der Waals surface area contributed by atoms with Crippen molar-refractivity contribution in [3.05, 3.63) is 0 Å². The molecule has 0 radical (unpaired) electrons. The van der Waals surface area contributed by atoms with Gasteiger partial charge in [-0.3, -0.25) is 19.2 Å². The molecular formula is C10H16O6. The Labute approximate surface area is 93.9 Å². The minimum atomic E-state index is -0.462. The summed E-state index contributed by atoms with van der Waals surface area (Å²) in [7, 11) is 0. The van der Waals surface area contributed by atoms with Crippen LogP contribution in [0, 0.1) is 0 Å². The van der Waals surface area contributed by atoms with E-state index in [2.05, 4.69) is 9.47 Å². The second-order valence-electron chi connectivity index (χ2n) is 2.97. The molecule has 6 nitrogen and oxygen atoms in total. The van der Waals surface area contributed by atoms with Gasteiger partial charge in [-0.15, -0.1) is 0 Å². The molecule has 0 heterocycles. The topological polar surface area (TPSA) is 86.7 Å². The summed E-state index contributed by atoms with van der Waals surface area (Å²) in [6, 6.07) is 0. The van der Waals surface area contributed by atoms with Crippen molar-refractivity contribution in [1.82, 2.24) is 0 Å². The van der Waals surface area contributed by atoms with Crippen LogP contribution in [0.5, 0.6) is 0 Å². The van der Waals surface area contributed by atoms with Crippen molar-refractivity contribution >= 4 is 23.5 Å². The van der Waals surface area contributed by atoms with Gasteiger partial charge < -0.3 is 9.47 Å². The van der Waals surface area contributed by atoms with Crippen molar-refractivity contribution in [1.29, 1.82) is 0 Å². The fourth-order valence-electron chi connectivity index (χ4n) is 0.546. The highest BCUT2D eigenvalue weighted by molar-refractivity contribution is 5.96. The second-order valence-corrected chi connectivity index (χ2v) is 2.97. The van der Waals surface area contributed by atoms with Crippen molar-refractivity contribution in [2.75, 3.05) is 6.79 Å². The van der Waals surface area contributed by atoms with Gasteiger partial charge in [-0.05, 0) is 13.8 Å². The maximum absolute atomic E-state index is 10.0. The van der Waals surface area contributed by atoms with Crippen LogP contribution in [0.15, 0.2) is 0 Å². The molecule has 0 spiro atoms. The molecule has 0 bridgehead atoms. The molecule has 0 rings (SSSR count). The highest BCUT2D eigenvalue weighted by atomic mass is 16.7. The highest BCUT2D eigenvalue weighted by Gasteiger charge is 1.95. The van der Waals surface area contributed by atoms with Gasteiger partial charge in [0.1, 0.15) is 11.6 Å². The molecule has 0 unspecified atom stereocenters. The fraction of sp³-hybridized carbons (Fsp3) is 0.600. The lowest BCUT2D eigenvalue weighted by Crippen LogP contribution is -2.07. The molecule has 0 saturated carbocycles. The predicted octanol–water partition coefficient (Wildman–Crippen LogP) is 0.625. The van der Waals surface area contributed by atoms with Gasteiger partial charge in [0.25, 0.3) is 0 Å². The van der Waals surface area contributed by atoms with E-state index in [0.29, 0.717) is 0 Å². The number of hydrogen-bond donors (Lipinski definition) is 0. The van der Waals surface area contributed by atoms with Crippen molar-refractivity contribution in [3.63, 3.8) is 0 Å². The van der Waals surface area contributed by atoms with Crippen LogP contribution in [-0.4, -0.2) is 30.3 Å². The molecule has 0 aromatic rings. The first-order chi connectivity index (χ1) is 7.25. The lowest BCUT2D eigenvalue weighted by Gasteiger charge is -1.99. The number of rotatable bonds is 4. The van der Waals surface area contributed by atoms with Crippen LogP contribution in [0.2, 0.25) is 0 Å². The molecule has 0 saturated heterocycles. The number of ether oxygens (including phenoxy) is 2. The second kappa shape index (κ2) is 9.82. The van der Waals surface area contributed by atoms with E-state index in [1.165, 1.54) is 27.7 Å². The van der Waals surface area contributed by atoms with Gasteiger partial charge in [0.15, 0.2) is 0 Å². The third-order valence-electron chi connectivity index (χ3n) is 1.02. The van der Waals surface area contributed by atoms with Gasteiger partial charge in [-0.1, -0.05) is 0 Å². The first-order valence-corrected chi connectivity index (χ1v) is 4.51. The molecule has 6 heteroatoms. The standard InChI is InChI=1S/C5H8O4.C5H8O2/c1-4(6)8-3-9-5(2)7;1-4(6)3-5(2)7/h3H2,1-2H3;3H2,1-2H3. The zero-order valence-corrected chi connectivity index (χ0v) is 9.86. The van der Waals surface area contributed by atoms with E-state index in [9.17, 15) is 19.2 Å². The summed E-state index contributed by atoms with van der Waals surface area (Å²) in [4.78, 5) is 40.1. The van der Waals surface area contributed by atoms with E-state index in [-0.39, 0.29) is 24.8 Å². The monoisotopic (exact) mass is 232 g/mol. The van der Waals surface area contributed by atoms with Crippen LogP contribution < -0.4 is 0 Å². The molecule has 0 aliphatic rings. The van der Waals surface area contributed by atoms with Crippen molar-refractivity contribution < 1.29 is 28.7 Å². The minimum absolute atomic E-state index is 0.0625. The Balaban J connectivity index is 0. The molecule has 92 valence electrons. The number of carbonyl (C=O) groups excluding carboxylic acids is 4. The van der Waals surface area contributed by atoms with Crippen molar-refractivity contribution in [2.24, 2.45) is 0 Å². The predicted molar refractivity (Wildman–Crippen MR) is 54.4 cm³/mol. The Bertz CT molecular complexity index is 242. The molecule has 0 amide bonds. The molecule has 0 N–H and O–H groups in total. The van der Waals surface area contributed by atoms with Gasteiger partial charge in [0.2, 0.25) is 6.79 Å². The highest BCUT2D eigenvalue weighted by Crippen LogP contribution is 1.80. The van der Waals surface area contributed by atoms with Crippen LogP contribution in [0.25, 0.3) is 0 Å². The quantitative estimate of drug-likeness (QED) is 0.401. The first kappa shape index (κ1) is 16.7. The normalized spacial score (nSPS) is 8.25. The molecular weight excluding hydrogens is 216 g/mol. The van der Waals surface area contributed by atoms with E-state index in [0.717, 1.165) is 0 Å². The maximum Gasteiger partial charge on any atom is 0.305 e. The summed E-state index contributed by atoms with van der Waals surface area (Å²) in [6.07, 6.45) is 0.0833. The average Bonchev–Trinajstić information content (AvgIpc) is 2.00. The Hall–Kier alpha value is -1.72. The third-order valence-corrected chi connectivity index (χ3v) is 1.02. The Morgan fingerprint density at radius 3 is 1.19 bits per heavy atom. The van der Waals surface area contributed by atoms with E-state index in [1.807, 2.05) is 0 Å². The summed E-state index contributed by atoms with van der Waals surface area (Å²) in [5, 5.41) is 0. The van der Waals surface area contributed by atoms with E-state index < -0.39 is 11.9 Å². The molecule has 0 aromatic heterocycles. The molecule has 16 heavy (non-hydrogen) atoms. The van der Waals surface area contributed by atoms with Crippen LogP contribution in [0.4, 0.5) is 0 Å². The zero-order chi connectivity index (χ0) is 13.1. The lowest BCUT2D eigenvalue weighted by molar-refractivity contribution is -0.164.